The molecule has 0 heterocycles. The highest BCUT2D eigenvalue weighted by molar-refractivity contribution is 5.71. The van der Waals surface area contributed by atoms with Gasteiger partial charge >= 0.3 is 5.97 Å². The highest BCUT2D eigenvalue weighted by Crippen LogP contribution is 2.51. The van der Waals surface area contributed by atoms with E-state index in [9.17, 15) is 4.79 Å². The lowest BCUT2D eigenvalue weighted by atomic mass is 9.59. The van der Waals surface area contributed by atoms with Gasteiger partial charge in [-0.1, -0.05) is 72.8 Å². The molecular weight excluding hydrogens is 420 g/mol. The van der Waals surface area contributed by atoms with Gasteiger partial charge in [-0.25, -0.2) is 0 Å². The zero-order valence-electron chi connectivity index (χ0n) is 20.0. The van der Waals surface area contributed by atoms with E-state index < -0.39 is 5.41 Å². The summed E-state index contributed by atoms with van der Waals surface area (Å²) in [5.74, 6) is 1.15. The van der Waals surface area contributed by atoms with Crippen LogP contribution in [-0.2, 0) is 16.6 Å². The summed E-state index contributed by atoms with van der Waals surface area (Å²) in [5.41, 5.74) is 9.02. The van der Waals surface area contributed by atoms with Gasteiger partial charge in [0.2, 0.25) is 0 Å². The fourth-order valence-electron chi connectivity index (χ4n) is 5.48. The Balaban J connectivity index is 1.88. The second-order valence-corrected chi connectivity index (χ2v) is 9.00. The molecule has 0 amide bonds. The first-order chi connectivity index (χ1) is 16.4. The van der Waals surface area contributed by atoms with Crippen LogP contribution in [0, 0.1) is 13.8 Å². The second-order valence-electron chi connectivity index (χ2n) is 9.00. The van der Waals surface area contributed by atoms with Gasteiger partial charge in [0.25, 0.3) is 0 Å². The Morgan fingerprint density at radius 2 is 1.24 bits per heavy atom. The zero-order chi connectivity index (χ0) is 23.9. The van der Waals surface area contributed by atoms with Crippen molar-refractivity contribution in [1.29, 1.82) is 0 Å². The van der Waals surface area contributed by atoms with Crippen LogP contribution in [0.5, 0.6) is 11.5 Å². The monoisotopic (exact) mass is 448 g/mol. The molecule has 170 valence electrons. The predicted octanol–water partition coefficient (Wildman–Crippen LogP) is 6.52. The summed E-state index contributed by atoms with van der Waals surface area (Å²) in [7, 11) is 1.71. The first-order valence-electron chi connectivity index (χ1n) is 11.6. The maximum absolute atomic E-state index is 11.6. The number of carbonyl (C=O) groups is 1. The topological polar surface area (TPSA) is 35.5 Å². The molecule has 34 heavy (non-hydrogen) atoms. The van der Waals surface area contributed by atoms with Crippen molar-refractivity contribution in [2.75, 3.05) is 7.11 Å². The van der Waals surface area contributed by atoms with Gasteiger partial charge in [-0.05, 0) is 76.9 Å². The second kappa shape index (κ2) is 8.49. The summed E-state index contributed by atoms with van der Waals surface area (Å²) < 4.78 is 11.0. The number of ether oxygens (including phenoxy) is 2. The normalized spacial score (nSPS) is 13.5. The van der Waals surface area contributed by atoms with Crippen molar-refractivity contribution in [2.45, 2.75) is 32.6 Å². The maximum atomic E-state index is 11.6. The molecule has 0 bridgehead atoms. The van der Waals surface area contributed by atoms with Gasteiger partial charge in [-0.3, -0.25) is 4.79 Å². The molecule has 0 radical (unpaired) electrons. The van der Waals surface area contributed by atoms with Crippen molar-refractivity contribution in [2.24, 2.45) is 0 Å². The standard InChI is InChI=1S/C31H28O3/c1-20-17-25(13-15-29(20)33-4)31(26-14-16-30(21(2)18-26)34-22(3)32)27-11-7-5-9-23(27)19-24-10-6-8-12-28(24)31/h5-18H,19H2,1-4H3. The Kier molecular flexibility index (Phi) is 5.49. The molecule has 0 aromatic heterocycles. The lowest BCUT2D eigenvalue weighted by molar-refractivity contribution is -0.131. The molecule has 0 unspecified atom stereocenters. The predicted molar refractivity (Wildman–Crippen MR) is 135 cm³/mol. The number of fused-ring (bicyclic) bond motifs is 2. The SMILES string of the molecule is COc1ccc(C2(c3ccc(OC(C)=O)c(C)c3)c3ccccc3Cc3ccccc32)cc1C. The number of hydrogen-bond donors (Lipinski definition) is 0. The average molecular weight is 449 g/mol. The molecule has 0 N–H and O–H groups in total. The summed E-state index contributed by atoms with van der Waals surface area (Å²) in [6.45, 7) is 5.52. The third-order valence-corrected chi connectivity index (χ3v) is 6.91. The highest BCUT2D eigenvalue weighted by atomic mass is 16.5. The molecule has 0 saturated carbocycles. The maximum Gasteiger partial charge on any atom is 0.308 e. The van der Waals surface area contributed by atoms with Crippen molar-refractivity contribution in [3.8, 4) is 11.5 Å². The van der Waals surface area contributed by atoms with Gasteiger partial charge in [-0.15, -0.1) is 0 Å². The van der Waals surface area contributed by atoms with Gasteiger partial charge in [0.1, 0.15) is 11.5 Å². The highest BCUT2D eigenvalue weighted by Gasteiger charge is 2.44. The van der Waals surface area contributed by atoms with Crippen LogP contribution in [0.15, 0.2) is 84.9 Å². The van der Waals surface area contributed by atoms with E-state index in [2.05, 4.69) is 85.8 Å². The molecule has 0 spiro atoms. The summed E-state index contributed by atoms with van der Waals surface area (Å²) in [6.07, 6.45) is 0.897. The lowest BCUT2D eigenvalue weighted by Crippen LogP contribution is -2.36. The first kappa shape index (κ1) is 22.0. The molecule has 0 saturated heterocycles. The van der Waals surface area contributed by atoms with Gasteiger partial charge < -0.3 is 9.47 Å². The lowest BCUT2D eigenvalue weighted by Gasteiger charge is -2.42. The minimum Gasteiger partial charge on any atom is -0.496 e. The molecule has 3 heteroatoms. The molecule has 4 aromatic rings. The third-order valence-electron chi connectivity index (χ3n) is 6.91. The van der Waals surface area contributed by atoms with Crippen LogP contribution < -0.4 is 9.47 Å². The van der Waals surface area contributed by atoms with Gasteiger partial charge in [-0.2, -0.15) is 0 Å². The molecule has 5 rings (SSSR count). The van der Waals surface area contributed by atoms with E-state index in [1.807, 2.05) is 13.0 Å². The Morgan fingerprint density at radius 1 is 0.735 bits per heavy atom. The van der Waals surface area contributed by atoms with Crippen LogP contribution in [0.1, 0.15) is 51.4 Å². The van der Waals surface area contributed by atoms with Crippen LogP contribution >= 0.6 is 0 Å². The fourth-order valence-corrected chi connectivity index (χ4v) is 5.48. The number of hydrogen-bond acceptors (Lipinski definition) is 3. The van der Waals surface area contributed by atoms with Crippen molar-refractivity contribution in [3.05, 3.63) is 129 Å². The summed E-state index contributed by atoms with van der Waals surface area (Å²) in [6, 6.07) is 30.1. The quantitative estimate of drug-likeness (QED) is 0.232. The zero-order valence-corrected chi connectivity index (χ0v) is 20.0. The van der Waals surface area contributed by atoms with Crippen LogP contribution in [0.4, 0.5) is 0 Å². The Labute approximate surface area is 201 Å². The molecular formula is C31H28O3. The molecule has 0 aliphatic heterocycles. The Morgan fingerprint density at radius 3 is 1.71 bits per heavy atom. The number of esters is 1. The van der Waals surface area contributed by atoms with Crippen molar-refractivity contribution in [3.63, 3.8) is 0 Å². The number of benzene rings is 4. The van der Waals surface area contributed by atoms with E-state index in [0.29, 0.717) is 5.75 Å². The van der Waals surface area contributed by atoms with Crippen LogP contribution in [0.3, 0.4) is 0 Å². The van der Waals surface area contributed by atoms with Gasteiger partial charge in [0.15, 0.2) is 0 Å². The summed E-state index contributed by atoms with van der Waals surface area (Å²) in [5, 5.41) is 0. The molecule has 1 aliphatic carbocycles. The summed E-state index contributed by atoms with van der Waals surface area (Å²) in [4.78, 5) is 11.6. The van der Waals surface area contributed by atoms with Gasteiger partial charge in [0.05, 0.1) is 12.5 Å². The molecule has 4 aromatic carbocycles. The van der Waals surface area contributed by atoms with E-state index >= 15 is 0 Å². The summed E-state index contributed by atoms with van der Waals surface area (Å²) >= 11 is 0. The van der Waals surface area contributed by atoms with E-state index in [1.165, 1.54) is 34.7 Å². The van der Waals surface area contributed by atoms with Crippen LogP contribution in [0.25, 0.3) is 0 Å². The van der Waals surface area contributed by atoms with Crippen LogP contribution in [-0.4, -0.2) is 13.1 Å². The van der Waals surface area contributed by atoms with E-state index in [0.717, 1.165) is 28.9 Å². The fraction of sp³-hybridized carbons (Fsp3) is 0.194. The van der Waals surface area contributed by atoms with E-state index in [4.69, 9.17) is 9.47 Å². The Bertz CT molecular complexity index is 1350. The molecule has 0 fully saturated rings. The first-order valence-corrected chi connectivity index (χ1v) is 11.6. The third kappa shape index (κ3) is 3.40. The minimum atomic E-state index is -0.512. The van der Waals surface area contributed by atoms with Crippen LogP contribution in [0.2, 0.25) is 0 Å². The largest absolute Gasteiger partial charge is 0.496 e. The number of rotatable bonds is 4. The number of methoxy groups -OCH3 is 1. The smallest absolute Gasteiger partial charge is 0.308 e. The number of aryl methyl sites for hydroxylation is 2. The Hall–Kier alpha value is -3.85. The van der Waals surface area contributed by atoms with Crippen molar-refractivity contribution >= 4 is 5.97 Å². The minimum absolute atomic E-state index is 0.315. The molecule has 0 atom stereocenters. The molecule has 3 nitrogen and oxygen atoms in total. The van der Waals surface area contributed by atoms with Gasteiger partial charge in [0, 0.05) is 6.92 Å². The van der Waals surface area contributed by atoms with Crippen molar-refractivity contribution in [1.82, 2.24) is 0 Å². The van der Waals surface area contributed by atoms with E-state index in [-0.39, 0.29) is 5.97 Å². The average Bonchev–Trinajstić information content (AvgIpc) is 2.83. The number of carbonyl (C=O) groups excluding carboxylic acids is 1. The van der Waals surface area contributed by atoms with Crippen molar-refractivity contribution < 1.29 is 14.3 Å². The van der Waals surface area contributed by atoms with E-state index in [1.54, 1.807) is 7.11 Å². The molecule has 1 aliphatic rings.